The SMILES string of the molecule is O=C(NOCc1ccccc1)C1CCCC(C(=O)NOCc2ccccc2)C1. The van der Waals surface area contributed by atoms with E-state index < -0.39 is 0 Å². The van der Waals surface area contributed by atoms with Crippen LogP contribution in [0.25, 0.3) is 0 Å². The highest BCUT2D eigenvalue weighted by Gasteiger charge is 2.31. The fourth-order valence-corrected chi connectivity index (χ4v) is 3.36. The molecule has 0 saturated heterocycles. The van der Waals surface area contributed by atoms with Crippen LogP contribution in [-0.4, -0.2) is 11.8 Å². The smallest absolute Gasteiger partial charge is 0.246 e. The molecule has 2 aromatic carbocycles. The quantitative estimate of drug-likeness (QED) is 0.687. The Labute approximate surface area is 165 Å². The molecule has 2 atom stereocenters. The first-order chi connectivity index (χ1) is 13.7. The number of amides is 2. The lowest BCUT2D eigenvalue weighted by molar-refractivity contribution is -0.144. The topological polar surface area (TPSA) is 76.7 Å². The van der Waals surface area contributed by atoms with Crippen molar-refractivity contribution in [1.29, 1.82) is 0 Å². The molecule has 1 fully saturated rings. The molecule has 2 unspecified atom stereocenters. The maximum Gasteiger partial charge on any atom is 0.246 e. The lowest BCUT2D eigenvalue weighted by atomic mass is 9.81. The van der Waals surface area contributed by atoms with E-state index in [2.05, 4.69) is 11.0 Å². The van der Waals surface area contributed by atoms with Crippen LogP contribution in [-0.2, 0) is 32.5 Å². The van der Waals surface area contributed by atoms with Gasteiger partial charge in [0.1, 0.15) is 0 Å². The van der Waals surface area contributed by atoms with E-state index in [4.69, 9.17) is 9.68 Å². The van der Waals surface area contributed by atoms with E-state index in [1.165, 1.54) is 0 Å². The Balaban J connectivity index is 1.38. The summed E-state index contributed by atoms with van der Waals surface area (Å²) in [7, 11) is 0. The number of carbonyl (C=O) groups is 2. The minimum absolute atomic E-state index is 0.168. The second-order valence-electron chi connectivity index (χ2n) is 7.04. The van der Waals surface area contributed by atoms with E-state index in [1.54, 1.807) is 0 Å². The van der Waals surface area contributed by atoms with Crippen molar-refractivity contribution in [3.63, 3.8) is 0 Å². The highest BCUT2D eigenvalue weighted by Crippen LogP contribution is 2.29. The van der Waals surface area contributed by atoms with Crippen molar-refractivity contribution < 1.29 is 19.3 Å². The van der Waals surface area contributed by atoms with Gasteiger partial charge < -0.3 is 0 Å². The summed E-state index contributed by atoms with van der Waals surface area (Å²) < 4.78 is 0. The third-order valence-electron chi connectivity index (χ3n) is 4.92. The van der Waals surface area contributed by atoms with Crippen LogP contribution in [0.5, 0.6) is 0 Å². The maximum absolute atomic E-state index is 12.4. The normalized spacial score (nSPS) is 19.0. The molecular formula is C22H26N2O4. The molecule has 1 aliphatic carbocycles. The number of nitrogens with one attached hydrogen (secondary N) is 2. The van der Waals surface area contributed by atoms with Gasteiger partial charge in [-0.2, -0.15) is 0 Å². The van der Waals surface area contributed by atoms with Gasteiger partial charge >= 0.3 is 0 Å². The molecule has 0 spiro atoms. The monoisotopic (exact) mass is 382 g/mol. The summed E-state index contributed by atoms with van der Waals surface area (Å²) in [5.74, 6) is -0.791. The van der Waals surface area contributed by atoms with Crippen LogP contribution in [0.4, 0.5) is 0 Å². The van der Waals surface area contributed by atoms with Gasteiger partial charge in [-0.15, -0.1) is 0 Å². The summed E-state index contributed by atoms with van der Waals surface area (Å²) in [4.78, 5) is 35.4. The van der Waals surface area contributed by atoms with Crippen LogP contribution in [0.15, 0.2) is 60.7 Å². The standard InChI is InChI=1S/C22H26N2O4/c25-21(23-27-15-17-8-3-1-4-9-17)19-12-7-13-20(14-19)22(26)24-28-16-18-10-5-2-6-11-18/h1-6,8-11,19-20H,7,12-16H2,(H,23,25)(H,24,26). The maximum atomic E-state index is 12.4. The molecule has 0 heterocycles. The number of hydrogen-bond donors (Lipinski definition) is 2. The van der Waals surface area contributed by atoms with Gasteiger partial charge in [-0.3, -0.25) is 19.3 Å². The van der Waals surface area contributed by atoms with Gasteiger partial charge in [0.05, 0.1) is 13.2 Å². The lowest BCUT2D eigenvalue weighted by Crippen LogP contribution is -2.38. The summed E-state index contributed by atoms with van der Waals surface area (Å²) in [6.45, 7) is 0.632. The van der Waals surface area contributed by atoms with Crippen molar-refractivity contribution in [1.82, 2.24) is 11.0 Å². The Kier molecular flexibility index (Phi) is 7.58. The summed E-state index contributed by atoms with van der Waals surface area (Å²) in [6.07, 6.45) is 2.85. The zero-order valence-electron chi connectivity index (χ0n) is 15.8. The number of benzene rings is 2. The van der Waals surface area contributed by atoms with Gasteiger partial charge in [-0.1, -0.05) is 67.1 Å². The average molecular weight is 382 g/mol. The molecule has 1 aliphatic rings. The predicted molar refractivity (Wildman–Crippen MR) is 104 cm³/mol. The van der Waals surface area contributed by atoms with Gasteiger partial charge in [0.2, 0.25) is 11.8 Å². The Morgan fingerprint density at radius 1 is 0.750 bits per heavy atom. The van der Waals surface area contributed by atoms with E-state index in [1.807, 2.05) is 60.7 Å². The molecule has 2 amide bonds. The third-order valence-corrected chi connectivity index (χ3v) is 4.92. The molecule has 3 rings (SSSR count). The molecule has 0 radical (unpaired) electrons. The fraction of sp³-hybridized carbons (Fsp3) is 0.364. The van der Waals surface area contributed by atoms with E-state index in [-0.39, 0.29) is 23.7 Å². The van der Waals surface area contributed by atoms with Crippen LogP contribution in [0, 0.1) is 11.8 Å². The predicted octanol–water partition coefficient (Wildman–Crippen LogP) is 3.29. The molecule has 2 N–H and O–H groups in total. The van der Waals surface area contributed by atoms with Crippen molar-refractivity contribution >= 4 is 11.8 Å². The Hall–Kier alpha value is -2.70. The van der Waals surface area contributed by atoms with Gasteiger partial charge in [-0.05, 0) is 30.4 Å². The minimum atomic E-state index is -0.227. The highest BCUT2D eigenvalue weighted by molar-refractivity contribution is 5.81. The first kappa shape index (κ1) is 20.0. The van der Waals surface area contributed by atoms with E-state index in [0.29, 0.717) is 19.6 Å². The molecule has 2 aromatic rings. The van der Waals surface area contributed by atoms with Crippen LogP contribution in [0.1, 0.15) is 36.8 Å². The Morgan fingerprint density at radius 2 is 1.18 bits per heavy atom. The highest BCUT2D eigenvalue weighted by atomic mass is 16.7. The molecule has 28 heavy (non-hydrogen) atoms. The lowest BCUT2D eigenvalue weighted by Gasteiger charge is -2.27. The molecule has 1 saturated carbocycles. The van der Waals surface area contributed by atoms with Gasteiger partial charge in [0, 0.05) is 11.8 Å². The number of hydrogen-bond acceptors (Lipinski definition) is 4. The first-order valence-corrected chi connectivity index (χ1v) is 9.63. The number of hydroxylamine groups is 2. The van der Waals surface area contributed by atoms with E-state index in [9.17, 15) is 9.59 Å². The first-order valence-electron chi connectivity index (χ1n) is 9.63. The van der Waals surface area contributed by atoms with Crippen LogP contribution < -0.4 is 11.0 Å². The summed E-state index contributed by atoms with van der Waals surface area (Å²) in [5, 5.41) is 0. The largest absolute Gasteiger partial charge is 0.272 e. The van der Waals surface area contributed by atoms with Crippen LogP contribution in [0.2, 0.25) is 0 Å². The number of rotatable bonds is 8. The second-order valence-corrected chi connectivity index (χ2v) is 7.04. The molecule has 0 aliphatic heterocycles. The van der Waals surface area contributed by atoms with E-state index >= 15 is 0 Å². The Bertz CT molecular complexity index is 688. The fourth-order valence-electron chi connectivity index (χ4n) is 3.36. The number of carbonyl (C=O) groups excluding carboxylic acids is 2. The van der Waals surface area contributed by atoms with Crippen molar-refractivity contribution in [2.75, 3.05) is 0 Å². The zero-order valence-corrected chi connectivity index (χ0v) is 15.8. The van der Waals surface area contributed by atoms with Gasteiger partial charge in [0.15, 0.2) is 0 Å². The summed E-state index contributed by atoms with van der Waals surface area (Å²) in [6, 6.07) is 19.3. The summed E-state index contributed by atoms with van der Waals surface area (Å²) >= 11 is 0. The molecule has 148 valence electrons. The molecule has 0 aromatic heterocycles. The average Bonchev–Trinajstić information content (AvgIpc) is 2.75. The van der Waals surface area contributed by atoms with E-state index in [0.717, 1.165) is 30.4 Å². The Morgan fingerprint density at radius 3 is 1.61 bits per heavy atom. The second kappa shape index (κ2) is 10.6. The molecule has 6 nitrogen and oxygen atoms in total. The van der Waals surface area contributed by atoms with Crippen molar-refractivity contribution in [3.05, 3.63) is 71.8 Å². The molecule has 6 heteroatoms. The minimum Gasteiger partial charge on any atom is -0.272 e. The molecular weight excluding hydrogens is 356 g/mol. The summed E-state index contributed by atoms with van der Waals surface area (Å²) in [5.41, 5.74) is 7.02. The van der Waals surface area contributed by atoms with Gasteiger partial charge in [-0.25, -0.2) is 11.0 Å². The van der Waals surface area contributed by atoms with Crippen LogP contribution >= 0.6 is 0 Å². The molecule has 0 bridgehead atoms. The zero-order chi connectivity index (χ0) is 19.6. The van der Waals surface area contributed by atoms with Crippen molar-refractivity contribution in [2.45, 2.75) is 38.9 Å². The van der Waals surface area contributed by atoms with Crippen molar-refractivity contribution in [2.24, 2.45) is 11.8 Å². The van der Waals surface area contributed by atoms with Crippen molar-refractivity contribution in [3.8, 4) is 0 Å². The van der Waals surface area contributed by atoms with Crippen LogP contribution in [0.3, 0.4) is 0 Å². The third kappa shape index (κ3) is 6.18. The van der Waals surface area contributed by atoms with Gasteiger partial charge in [0.25, 0.3) is 0 Å².